The molecule has 188 valence electrons. The Kier molecular flexibility index (Phi) is 9.39. The topological polar surface area (TPSA) is 135 Å². The second-order valence-corrected chi connectivity index (χ2v) is 9.46. The van der Waals surface area contributed by atoms with Crippen LogP contribution in [0.4, 0.5) is 5.00 Å². The third kappa shape index (κ3) is 6.75. The van der Waals surface area contributed by atoms with Crippen molar-refractivity contribution in [2.45, 2.75) is 19.8 Å². The molecule has 3 N–H and O–H groups in total. The number of primary amides is 1. The second-order valence-electron chi connectivity index (χ2n) is 8.44. The molecule has 0 aromatic carbocycles. The van der Waals surface area contributed by atoms with Crippen molar-refractivity contribution in [3.8, 4) is 0 Å². The van der Waals surface area contributed by atoms with E-state index in [2.05, 4.69) is 10.2 Å². The Bertz CT molecular complexity index is 906. The SMILES string of the molecule is COCCOC(=O)c1c(NC(=O)CN2CCN(CC(=O)N3CCCC3)CC2)sc(C(N)=O)c1C. The van der Waals surface area contributed by atoms with E-state index in [9.17, 15) is 19.2 Å². The summed E-state index contributed by atoms with van der Waals surface area (Å²) in [7, 11) is 1.49. The number of rotatable bonds is 10. The molecule has 1 aromatic heterocycles. The molecule has 0 unspecified atom stereocenters. The summed E-state index contributed by atoms with van der Waals surface area (Å²) in [4.78, 5) is 55.7. The minimum Gasteiger partial charge on any atom is -0.460 e. The minimum absolute atomic E-state index is 0.0501. The number of nitrogens with two attached hydrogens (primary N) is 1. The first kappa shape index (κ1) is 26.1. The number of nitrogens with one attached hydrogen (secondary N) is 1. The number of methoxy groups -OCH3 is 1. The van der Waals surface area contributed by atoms with Gasteiger partial charge in [0.05, 0.1) is 30.1 Å². The monoisotopic (exact) mass is 495 g/mol. The Morgan fingerprint density at radius 1 is 0.971 bits per heavy atom. The van der Waals surface area contributed by atoms with E-state index in [1.165, 1.54) is 7.11 Å². The van der Waals surface area contributed by atoms with Gasteiger partial charge in [-0.25, -0.2) is 4.79 Å². The summed E-state index contributed by atoms with van der Waals surface area (Å²) in [6.45, 7) is 6.84. The molecule has 0 radical (unpaired) electrons. The van der Waals surface area contributed by atoms with E-state index >= 15 is 0 Å². The first-order valence-corrected chi connectivity index (χ1v) is 12.2. The zero-order chi connectivity index (χ0) is 24.7. The van der Waals surface area contributed by atoms with E-state index in [0.717, 1.165) is 37.3 Å². The average Bonchev–Trinajstić information content (AvgIpc) is 3.44. The Labute approximate surface area is 203 Å². The van der Waals surface area contributed by atoms with Crippen molar-refractivity contribution in [3.05, 3.63) is 16.0 Å². The summed E-state index contributed by atoms with van der Waals surface area (Å²) < 4.78 is 10.1. The molecule has 3 rings (SSSR count). The lowest BCUT2D eigenvalue weighted by molar-refractivity contribution is -0.132. The molecule has 2 aliphatic rings. The number of piperazine rings is 1. The maximum atomic E-state index is 12.7. The number of likely N-dealkylation sites (tertiary alicyclic amines) is 1. The van der Waals surface area contributed by atoms with Crippen molar-refractivity contribution >= 4 is 40.0 Å². The fourth-order valence-corrected chi connectivity index (χ4v) is 5.17. The number of esters is 1. The van der Waals surface area contributed by atoms with E-state index in [-0.39, 0.29) is 47.0 Å². The largest absolute Gasteiger partial charge is 0.460 e. The highest BCUT2D eigenvalue weighted by molar-refractivity contribution is 7.18. The number of hydrogen-bond acceptors (Lipinski definition) is 9. The van der Waals surface area contributed by atoms with Crippen molar-refractivity contribution in [2.24, 2.45) is 5.73 Å². The first-order chi connectivity index (χ1) is 16.3. The predicted octanol–water partition coefficient (Wildman–Crippen LogP) is 0.137. The lowest BCUT2D eigenvalue weighted by Gasteiger charge is -2.34. The van der Waals surface area contributed by atoms with Crippen LogP contribution >= 0.6 is 11.3 Å². The summed E-state index contributed by atoms with van der Waals surface area (Å²) >= 11 is 0.964. The molecule has 0 bridgehead atoms. The molecule has 0 atom stereocenters. The predicted molar refractivity (Wildman–Crippen MR) is 127 cm³/mol. The summed E-state index contributed by atoms with van der Waals surface area (Å²) in [6, 6.07) is 0. The summed E-state index contributed by atoms with van der Waals surface area (Å²) in [5.74, 6) is -1.45. The molecule has 11 nitrogen and oxygen atoms in total. The van der Waals surface area contributed by atoms with Crippen LogP contribution in [-0.2, 0) is 19.1 Å². The molecule has 2 fully saturated rings. The normalized spacial score (nSPS) is 17.1. The lowest BCUT2D eigenvalue weighted by atomic mass is 10.1. The van der Waals surface area contributed by atoms with Gasteiger partial charge in [0, 0.05) is 46.4 Å². The van der Waals surface area contributed by atoms with Gasteiger partial charge in [-0.1, -0.05) is 0 Å². The molecule has 1 aromatic rings. The van der Waals surface area contributed by atoms with Crippen molar-refractivity contribution in [2.75, 3.05) is 78.0 Å². The van der Waals surface area contributed by atoms with Gasteiger partial charge in [-0.2, -0.15) is 0 Å². The molecule has 0 aliphatic carbocycles. The lowest BCUT2D eigenvalue weighted by Crippen LogP contribution is -2.51. The van der Waals surface area contributed by atoms with Crippen LogP contribution < -0.4 is 11.1 Å². The standard InChI is InChI=1S/C22H33N5O6S/c1-15-18(22(31)33-12-11-32-2)21(34-19(15)20(23)30)24-16(28)13-25-7-9-26(10-8-25)14-17(29)27-5-3-4-6-27/h3-14H2,1-2H3,(H2,23,30)(H,24,28). The zero-order valence-corrected chi connectivity index (χ0v) is 20.6. The molecule has 0 saturated carbocycles. The van der Waals surface area contributed by atoms with Gasteiger partial charge in [0.25, 0.3) is 5.91 Å². The van der Waals surface area contributed by atoms with Crippen LogP contribution in [0, 0.1) is 6.92 Å². The average molecular weight is 496 g/mol. The number of carbonyl (C=O) groups is 4. The molecule has 2 aliphatic heterocycles. The molecule has 3 amide bonds. The third-order valence-corrected chi connectivity index (χ3v) is 7.22. The highest BCUT2D eigenvalue weighted by Crippen LogP contribution is 2.33. The van der Waals surface area contributed by atoms with Crippen LogP contribution in [0.15, 0.2) is 0 Å². The van der Waals surface area contributed by atoms with Crippen LogP contribution in [0.25, 0.3) is 0 Å². The van der Waals surface area contributed by atoms with Crippen LogP contribution in [-0.4, -0.2) is 111 Å². The van der Waals surface area contributed by atoms with Crippen molar-refractivity contribution in [1.82, 2.24) is 14.7 Å². The van der Waals surface area contributed by atoms with Crippen molar-refractivity contribution in [1.29, 1.82) is 0 Å². The fraction of sp³-hybridized carbons (Fsp3) is 0.636. The fourth-order valence-electron chi connectivity index (χ4n) is 4.10. The Balaban J connectivity index is 1.54. The Morgan fingerprint density at radius 2 is 1.59 bits per heavy atom. The van der Waals surface area contributed by atoms with Crippen molar-refractivity contribution < 1.29 is 28.7 Å². The number of ether oxygens (including phenoxy) is 2. The molecule has 3 heterocycles. The highest BCUT2D eigenvalue weighted by Gasteiger charge is 2.27. The zero-order valence-electron chi connectivity index (χ0n) is 19.8. The van der Waals surface area contributed by atoms with Gasteiger partial charge in [-0.15, -0.1) is 11.3 Å². The maximum absolute atomic E-state index is 12.7. The summed E-state index contributed by atoms with van der Waals surface area (Å²) in [6.07, 6.45) is 2.15. The number of amides is 3. The highest BCUT2D eigenvalue weighted by atomic mass is 32.1. The molecular formula is C22H33N5O6S. The summed E-state index contributed by atoms with van der Waals surface area (Å²) in [5, 5.41) is 2.99. The Morgan fingerprint density at radius 3 is 2.18 bits per heavy atom. The molecular weight excluding hydrogens is 462 g/mol. The number of hydrogen-bond donors (Lipinski definition) is 2. The van der Waals surface area contributed by atoms with E-state index in [0.29, 0.717) is 38.3 Å². The van der Waals surface area contributed by atoms with Gasteiger partial charge in [0.15, 0.2) is 0 Å². The van der Waals surface area contributed by atoms with Gasteiger partial charge in [-0.05, 0) is 25.3 Å². The second kappa shape index (κ2) is 12.2. The number of carbonyl (C=O) groups excluding carboxylic acids is 4. The maximum Gasteiger partial charge on any atom is 0.341 e. The van der Waals surface area contributed by atoms with E-state index in [4.69, 9.17) is 15.2 Å². The van der Waals surface area contributed by atoms with Crippen LogP contribution in [0.3, 0.4) is 0 Å². The van der Waals surface area contributed by atoms with Gasteiger partial charge in [-0.3, -0.25) is 24.2 Å². The third-order valence-electron chi connectivity index (χ3n) is 6.00. The molecule has 34 heavy (non-hydrogen) atoms. The smallest absolute Gasteiger partial charge is 0.341 e. The molecule has 0 spiro atoms. The van der Waals surface area contributed by atoms with Crippen molar-refractivity contribution in [3.63, 3.8) is 0 Å². The number of anilines is 1. The quantitative estimate of drug-likeness (QED) is 0.346. The first-order valence-electron chi connectivity index (χ1n) is 11.4. The van der Waals surface area contributed by atoms with Gasteiger partial charge < -0.3 is 25.4 Å². The van der Waals surface area contributed by atoms with Gasteiger partial charge in [0.2, 0.25) is 11.8 Å². The number of nitrogens with zero attached hydrogens (tertiary/aromatic N) is 3. The van der Waals surface area contributed by atoms with Gasteiger partial charge in [0.1, 0.15) is 11.6 Å². The van der Waals surface area contributed by atoms with Gasteiger partial charge >= 0.3 is 5.97 Å². The van der Waals surface area contributed by atoms with Crippen LogP contribution in [0.5, 0.6) is 0 Å². The van der Waals surface area contributed by atoms with E-state index in [1.807, 2.05) is 9.80 Å². The van der Waals surface area contributed by atoms with E-state index in [1.54, 1.807) is 6.92 Å². The number of thiophene rings is 1. The summed E-state index contributed by atoms with van der Waals surface area (Å²) in [5.41, 5.74) is 5.95. The molecule has 12 heteroatoms. The van der Waals surface area contributed by atoms with Crippen LogP contribution in [0.2, 0.25) is 0 Å². The minimum atomic E-state index is -0.673. The molecule has 2 saturated heterocycles. The Hall–Kier alpha value is -2.54. The van der Waals surface area contributed by atoms with Crippen LogP contribution in [0.1, 0.15) is 38.4 Å². The van der Waals surface area contributed by atoms with E-state index < -0.39 is 11.9 Å².